The van der Waals surface area contributed by atoms with E-state index in [9.17, 15) is 4.79 Å². The number of carbonyl (C=O) groups is 1. The van der Waals surface area contributed by atoms with Crippen LogP contribution in [0.5, 0.6) is 0 Å². The number of likely N-dealkylation sites (tertiary alicyclic amines) is 1. The van der Waals surface area contributed by atoms with Crippen LogP contribution in [0.3, 0.4) is 0 Å². The van der Waals surface area contributed by atoms with E-state index < -0.39 is 5.97 Å². The van der Waals surface area contributed by atoms with Crippen LogP contribution < -0.4 is 0 Å². The first-order chi connectivity index (χ1) is 10.1. The van der Waals surface area contributed by atoms with E-state index in [0.29, 0.717) is 12.6 Å². The number of carboxylic acid groups (broad SMARTS) is 1. The van der Waals surface area contributed by atoms with Crippen LogP contribution in [0.1, 0.15) is 25.3 Å². The molecule has 2 unspecified atom stereocenters. The molecule has 1 N–H and O–H groups in total. The first-order valence-electron chi connectivity index (χ1n) is 7.75. The summed E-state index contributed by atoms with van der Waals surface area (Å²) in [4.78, 5) is 15.7. The summed E-state index contributed by atoms with van der Waals surface area (Å²) in [7, 11) is 2.05. The third-order valence-corrected chi connectivity index (χ3v) is 4.34. The zero-order valence-electron chi connectivity index (χ0n) is 13.0. The molecule has 21 heavy (non-hydrogen) atoms. The van der Waals surface area contributed by atoms with E-state index >= 15 is 0 Å². The van der Waals surface area contributed by atoms with Crippen molar-refractivity contribution < 1.29 is 9.90 Å². The summed E-state index contributed by atoms with van der Waals surface area (Å²) in [6, 6.07) is 11.0. The largest absolute Gasteiger partial charge is 0.481 e. The minimum absolute atomic E-state index is 0.306. The van der Waals surface area contributed by atoms with E-state index in [0.717, 1.165) is 26.1 Å². The van der Waals surface area contributed by atoms with Gasteiger partial charge in [0.05, 0.1) is 5.92 Å². The zero-order chi connectivity index (χ0) is 15.2. The first kappa shape index (κ1) is 16.0. The fourth-order valence-corrected chi connectivity index (χ4v) is 3.04. The number of rotatable bonds is 6. The topological polar surface area (TPSA) is 43.8 Å². The van der Waals surface area contributed by atoms with Crippen molar-refractivity contribution in [2.75, 3.05) is 26.7 Å². The van der Waals surface area contributed by atoms with E-state index in [4.69, 9.17) is 5.11 Å². The summed E-state index contributed by atoms with van der Waals surface area (Å²) in [6.07, 6.45) is 2.34. The Bertz CT molecular complexity index is 449. The van der Waals surface area contributed by atoms with E-state index in [1.54, 1.807) is 6.92 Å². The highest BCUT2D eigenvalue weighted by Crippen LogP contribution is 2.18. The maximum Gasteiger partial charge on any atom is 0.307 e. The Morgan fingerprint density at radius 3 is 2.81 bits per heavy atom. The molecule has 1 saturated heterocycles. The Morgan fingerprint density at radius 2 is 2.14 bits per heavy atom. The Morgan fingerprint density at radius 1 is 1.43 bits per heavy atom. The number of likely N-dealkylation sites (N-methyl/N-ethyl adjacent to an activating group) is 1. The van der Waals surface area contributed by atoms with Crippen LogP contribution >= 0.6 is 0 Å². The zero-order valence-corrected chi connectivity index (χ0v) is 13.0. The summed E-state index contributed by atoms with van der Waals surface area (Å²) in [5.74, 6) is -1.02. The molecule has 0 spiro atoms. The van der Waals surface area contributed by atoms with Crippen molar-refractivity contribution in [2.45, 2.75) is 32.4 Å². The number of nitrogens with zero attached hydrogens (tertiary/aromatic N) is 2. The minimum atomic E-state index is -0.709. The Balaban J connectivity index is 1.87. The lowest BCUT2D eigenvalue weighted by molar-refractivity contribution is -0.141. The second-order valence-electron chi connectivity index (χ2n) is 6.20. The average molecular weight is 290 g/mol. The van der Waals surface area contributed by atoms with Crippen LogP contribution in [0.15, 0.2) is 30.3 Å². The second-order valence-corrected chi connectivity index (χ2v) is 6.20. The van der Waals surface area contributed by atoms with Crippen LogP contribution in [0, 0.1) is 5.92 Å². The Kier molecular flexibility index (Phi) is 5.76. The summed E-state index contributed by atoms with van der Waals surface area (Å²) in [6.45, 7) is 5.55. The van der Waals surface area contributed by atoms with E-state index in [1.165, 1.54) is 12.0 Å². The van der Waals surface area contributed by atoms with Gasteiger partial charge in [-0.2, -0.15) is 0 Å². The van der Waals surface area contributed by atoms with Gasteiger partial charge in [0.15, 0.2) is 0 Å². The number of hydrogen-bond acceptors (Lipinski definition) is 3. The molecule has 0 bridgehead atoms. The number of aliphatic carboxylic acids is 1. The van der Waals surface area contributed by atoms with Gasteiger partial charge in [0.2, 0.25) is 0 Å². The molecular weight excluding hydrogens is 264 g/mol. The second kappa shape index (κ2) is 7.57. The van der Waals surface area contributed by atoms with Crippen molar-refractivity contribution in [3.8, 4) is 0 Å². The summed E-state index contributed by atoms with van der Waals surface area (Å²) < 4.78 is 0. The van der Waals surface area contributed by atoms with Gasteiger partial charge in [-0.3, -0.25) is 9.69 Å². The van der Waals surface area contributed by atoms with Crippen LogP contribution in [0.25, 0.3) is 0 Å². The molecule has 4 nitrogen and oxygen atoms in total. The van der Waals surface area contributed by atoms with E-state index in [-0.39, 0.29) is 5.92 Å². The third kappa shape index (κ3) is 4.83. The molecule has 1 aliphatic heterocycles. The van der Waals surface area contributed by atoms with Gasteiger partial charge in [-0.1, -0.05) is 37.3 Å². The minimum Gasteiger partial charge on any atom is -0.481 e. The molecule has 116 valence electrons. The molecule has 1 aromatic carbocycles. The van der Waals surface area contributed by atoms with Crippen LogP contribution in [0.2, 0.25) is 0 Å². The molecule has 4 heteroatoms. The predicted molar refractivity (Wildman–Crippen MR) is 84.2 cm³/mol. The van der Waals surface area contributed by atoms with Gasteiger partial charge in [-0.05, 0) is 32.0 Å². The normalized spacial score (nSPS) is 21.4. The molecule has 1 aliphatic rings. The van der Waals surface area contributed by atoms with Crippen LogP contribution in [0.4, 0.5) is 0 Å². The fourth-order valence-electron chi connectivity index (χ4n) is 3.04. The number of piperidine rings is 1. The maximum atomic E-state index is 11.0. The highest BCUT2D eigenvalue weighted by atomic mass is 16.4. The molecule has 0 amide bonds. The molecule has 1 heterocycles. The van der Waals surface area contributed by atoms with Crippen molar-refractivity contribution in [1.82, 2.24) is 9.80 Å². The lowest BCUT2D eigenvalue weighted by Gasteiger charge is -2.38. The van der Waals surface area contributed by atoms with Gasteiger partial charge in [0.25, 0.3) is 0 Å². The van der Waals surface area contributed by atoms with Gasteiger partial charge in [-0.25, -0.2) is 0 Å². The van der Waals surface area contributed by atoms with Gasteiger partial charge >= 0.3 is 5.97 Å². The maximum absolute atomic E-state index is 11.0. The molecule has 2 rings (SSSR count). The van der Waals surface area contributed by atoms with Crippen LogP contribution in [-0.4, -0.2) is 53.6 Å². The lowest BCUT2D eigenvalue weighted by Crippen LogP contribution is -2.47. The Labute approximate surface area is 127 Å². The van der Waals surface area contributed by atoms with Crippen molar-refractivity contribution in [3.63, 3.8) is 0 Å². The van der Waals surface area contributed by atoms with Gasteiger partial charge in [0.1, 0.15) is 0 Å². The standard InChI is InChI=1S/C17H26N2O2/c1-14(17(20)21)11-18(2)16-9-6-10-19(13-16)12-15-7-4-3-5-8-15/h3-5,7-8,14,16H,6,9-13H2,1-2H3,(H,20,21). The molecule has 0 aliphatic carbocycles. The van der Waals surface area contributed by atoms with Gasteiger partial charge < -0.3 is 10.0 Å². The molecule has 1 aromatic rings. The molecule has 0 radical (unpaired) electrons. The smallest absolute Gasteiger partial charge is 0.307 e. The quantitative estimate of drug-likeness (QED) is 0.873. The summed E-state index contributed by atoms with van der Waals surface area (Å²) in [5.41, 5.74) is 1.35. The average Bonchev–Trinajstić information content (AvgIpc) is 2.48. The van der Waals surface area contributed by atoms with Crippen molar-refractivity contribution in [1.29, 1.82) is 0 Å². The molecule has 1 fully saturated rings. The highest BCUT2D eigenvalue weighted by molar-refractivity contribution is 5.69. The summed E-state index contributed by atoms with van der Waals surface area (Å²) >= 11 is 0. The van der Waals surface area contributed by atoms with Crippen LogP contribution in [-0.2, 0) is 11.3 Å². The lowest BCUT2D eigenvalue weighted by atomic mass is 10.0. The number of benzene rings is 1. The van der Waals surface area contributed by atoms with Gasteiger partial charge in [-0.15, -0.1) is 0 Å². The molecule has 2 atom stereocenters. The first-order valence-corrected chi connectivity index (χ1v) is 7.75. The SMILES string of the molecule is CC(CN(C)C1CCCN(Cc2ccccc2)C1)C(=O)O. The van der Waals surface area contributed by atoms with Crippen molar-refractivity contribution in [3.05, 3.63) is 35.9 Å². The monoisotopic (exact) mass is 290 g/mol. The van der Waals surface area contributed by atoms with Gasteiger partial charge in [0, 0.05) is 25.7 Å². The fraction of sp³-hybridized carbons (Fsp3) is 0.588. The van der Waals surface area contributed by atoms with E-state index in [2.05, 4.69) is 41.1 Å². The third-order valence-electron chi connectivity index (χ3n) is 4.34. The Hall–Kier alpha value is -1.39. The number of hydrogen-bond donors (Lipinski definition) is 1. The summed E-state index contributed by atoms with van der Waals surface area (Å²) in [5, 5.41) is 9.04. The number of carboxylic acids is 1. The van der Waals surface area contributed by atoms with Crippen molar-refractivity contribution in [2.24, 2.45) is 5.92 Å². The molecular formula is C17H26N2O2. The van der Waals surface area contributed by atoms with E-state index in [1.807, 2.05) is 6.07 Å². The van der Waals surface area contributed by atoms with Crippen molar-refractivity contribution >= 4 is 5.97 Å². The highest BCUT2D eigenvalue weighted by Gasteiger charge is 2.25. The molecule has 0 saturated carbocycles. The molecule has 0 aromatic heterocycles. The predicted octanol–water partition coefficient (Wildman–Crippen LogP) is 2.30.